The number of carbonyl (C=O) groups is 1. The van der Waals surface area contributed by atoms with Crippen LogP contribution in [0, 0.1) is 13.8 Å². The Morgan fingerprint density at radius 2 is 1.83 bits per heavy atom. The molecule has 0 aliphatic heterocycles. The lowest BCUT2D eigenvalue weighted by atomic mass is 10.2. The molecule has 6 nitrogen and oxygen atoms in total. The van der Waals surface area contributed by atoms with Gasteiger partial charge in [-0.25, -0.2) is 9.97 Å². The van der Waals surface area contributed by atoms with Crippen molar-refractivity contribution >= 4 is 23.1 Å². The second-order valence-electron chi connectivity index (χ2n) is 6.63. The standard InChI is InChI=1S/C23H26N4O2/c1-5-27(18-11-9-10-16(3)14-18)23(28)20-15-22(25-17(4)24-20)26-19-12-7-8-13-21(19)29-6-2/h7-15H,5-6H2,1-4H3,(H,24,25,26). The van der Waals surface area contributed by atoms with Crippen molar-refractivity contribution in [2.75, 3.05) is 23.4 Å². The first-order valence-corrected chi connectivity index (χ1v) is 9.75. The topological polar surface area (TPSA) is 67.3 Å². The number of hydrogen-bond acceptors (Lipinski definition) is 5. The number of nitrogens with zero attached hydrogens (tertiary/aromatic N) is 3. The van der Waals surface area contributed by atoms with E-state index < -0.39 is 0 Å². The van der Waals surface area contributed by atoms with Gasteiger partial charge in [0.15, 0.2) is 0 Å². The number of ether oxygens (including phenoxy) is 1. The number of rotatable bonds is 7. The Morgan fingerprint density at radius 3 is 2.55 bits per heavy atom. The Balaban J connectivity index is 1.91. The predicted octanol–water partition coefficient (Wildman–Crippen LogP) is 4.90. The number of anilines is 3. The molecule has 0 unspecified atom stereocenters. The number of benzene rings is 2. The van der Waals surface area contributed by atoms with Gasteiger partial charge in [-0.2, -0.15) is 0 Å². The first-order chi connectivity index (χ1) is 14.0. The van der Waals surface area contributed by atoms with Gasteiger partial charge in [0.2, 0.25) is 0 Å². The molecule has 0 saturated carbocycles. The van der Waals surface area contributed by atoms with Crippen LogP contribution in [0.15, 0.2) is 54.6 Å². The summed E-state index contributed by atoms with van der Waals surface area (Å²) in [6.07, 6.45) is 0. The van der Waals surface area contributed by atoms with Crippen LogP contribution in [-0.4, -0.2) is 29.0 Å². The first-order valence-electron chi connectivity index (χ1n) is 9.75. The van der Waals surface area contributed by atoms with Gasteiger partial charge >= 0.3 is 0 Å². The number of hydrogen-bond donors (Lipinski definition) is 1. The van der Waals surface area contributed by atoms with Gasteiger partial charge in [0.1, 0.15) is 23.1 Å². The Labute approximate surface area is 171 Å². The van der Waals surface area contributed by atoms with Crippen molar-refractivity contribution in [3.8, 4) is 5.75 Å². The SMILES string of the molecule is CCOc1ccccc1Nc1cc(C(=O)N(CC)c2cccc(C)c2)nc(C)n1. The van der Waals surface area contributed by atoms with Crippen LogP contribution in [0.3, 0.4) is 0 Å². The van der Waals surface area contributed by atoms with E-state index in [-0.39, 0.29) is 5.91 Å². The summed E-state index contributed by atoms with van der Waals surface area (Å²) in [6.45, 7) is 8.78. The summed E-state index contributed by atoms with van der Waals surface area (Å²) >= 11 is 0. The number of amides is 1. The third kappa shape index (κ3) is 4.90. The van der Waals surface area contributed by atoms with Gasteiger partial charge in [0.05, 0.1) is 12.3 Å². The maximum absolute atomic E-state index is 13.2. The zero-order valence-corrected chi connectivity index (χ0v) is 17.3. The van der Waals surface area contributed by atoms with Gasteiger partial charge in [0, 0.05) is 18.3 Å². The molecular formula is C23H26N4O2. The average molecular weight is 390 g/mol. The van der Waals surface area contributed by atoms with E-state index in [1.165, 1.54) is 0 Å². The van der Waals surface area contributed by atoms with E-state index in [1.54, 1.807) is 17.9 Å². The van der Waals surface area contributed by atoms with Crippen molar-refractivity contribution in [1.82, 2.24) is 9.97 Å². The molecule has 0 saturated heterocycles. The molecule has 0 spiro atoms. The molecule has 3 aromatic rings. The number of aromatic nitrogens is 2. The molecule has 1 amide bonds. The highest BCUT2D eigenvalue weighted by Gasteiger charge is 2.19. The Bertz CT molecular complexity index is 1000. The molecule has 0 radical (unpaired) electrons. The van der Waals surface area contributed by atoms with Crippen LogP contribution in [0.4, 0.5) is 17.2 Å². The highest BCUT2D eigenvalue weighted by atomic mass is 16.5. The quantitative estimate of drug-likeness (QED) is 0.621. The highest BCUT2D eigenvalue weighted by molar-refractivity contribution is 6.05. The van der Waals surface area contributed by atoms with Gasteiger partial charge in [-0.15, -0.1) is 0 Å². The molecule has 1 heterocycles. The fraction of sp³-hybridized carbons (Fsp3) is 0.261. The molecule has 3 rings (SSSR count). The van der Waals surface area contributed by atoms with E-state index in [9.17, 15) is 4.79 Å². The molecule has 0 fully saturated rings. The van der Waals surface area contributed by atoms with Crippen molar-refractivity contribution in [3.05, 3.63) is 71.7 Å². The monoisotopic (exact) mass is 390 g/mol. The smallest absolute Gasteiger partial charge is 0.277 e. The molecule has 29 heavy (non-hydrogen) atoms. The molecule has 0 bridgehead atoms. The van der Waals surface area contributed by atoms with Crippen molar-refractivity contribution in [2.45, 2.75) is 27.7 Å². The summed E-state index contributed by atoms with van der Waals surface area (Å²) in [7, 11) is 0. The van der Waals surface area contributed by atoms with Crippen LogP contribution in [0.1, 0.15) is 35.7 Å². The van der Waals surface area contributed by atoms with E-state index in [2.05, 4.69) is 15.3 Å². The van der Waals surface area contributed by atoms with Crippen LogP contribution in [0.25, 0.3) is 0 Å². The Kier molecular flexibility index (Phi) is 6.44. The van der Waals surface area contributed by atoms with Crippen LogP contribution in [0.2, 0.25) is 0 Å². The molecule has 0 aliphatic rings. The Hall–Kier alpha value is -3.41. The lowest BCUT2D eigenvalue weighted by Crippen LogP contribution is -2.31. The van der Waals surface area contributed by atoms with Crippen LogP contribution >= 0.6 is 0 Å². The summed E-state index contributed by atoms with van der Waals surface area (Å²) in [4.78, 5) is 23.7. The normalized spacial score (nSPS) is 10.5. The number of aryl methyl sites for hydroxylation is 2. The van der Waals surface area contributed by atoms with E-state index in [4.69, 9.17) is 4.74 Å². The molecule has 2 aromatic carbocycles. The van der Waals surface area contributed by atoms with E-state index in [1.807, 2.05) is 69.3 Å². The average Bonchev–Trinajstić information content (AvgIpc) is 2.70. The maximum Gasteiger partial charge on any atom is 0.277 e. The number of nitrogens with one attached hydrogen (secondary N) is 1. The summed E-state index contributed by atoms with van der Waals surface area (Å²) in [5.41, 5.74) is 3.08. The minimum atomic E-state index is -0.162. The number of carbonyl (C=O) groups excluding carboxylic acids is 1. The fourth-order valence-corrected chi connectivity index (χ4v) is 3.11. The minimum Gasteiger partial charge on any atom is -0.492 e. The van der Waals surface area contributed by atoms with Gasteiger partial charge in [-0.05, 0) is 57.5 Å². The van der Waals surface area contributed by atoms with Crippen LogP contribution < -0.4 is 15.0 Å². The molecule has 150 valence electrons. The van der Waals surface area contributed by atoms with Crippen molar-refractivity contribution in [2.24, 2.45) is 0 Å². The molecule has 0 atom stereocenters. The molecular weight excluding hydrogens is 364 g/mol. The van der Waals surface area contributed by atoms with E-state index in [0.29, 0.717) is 30.5 Å². The second kappa shape index (κ2) is 9.19. The number of para-hydroxylation sites is 2. The van der Waals surface area contributed by atoms with Gasteiger partial charge in [-0.1, -0.05) is 24.3 Å². The minimum absolute atomic E-state index is 0.162. The van der Waals surface area contributed by atoms with E-state index >= 15 is 0 Å². The summed E-state index contributed by atoms with van der Waals surface area (Å²) in [6, 6.07) is 17.2. The van der Waals surface area contributed by atoms with Crippen LogP contribution in [0.5, 0.6) is 5.75 Å². The molecule has 1 N–H and O–H groups in total. The predicted molar refractivity (Wildman–Crippen MR) is 116 cm³/mol. The fourth-order valence-electron chi connectivity index (χ4n) is 3.11. The zero-order chi connectivity index (χ0) is 20.8. The van der Waals surface area contributed by atoms with Crippen LogP contribution in [-0.2, 0) is 0 Å². The summed E-state index contributed by atoms with van der Waals surface area (Å²) in [5, 5.41) is 3.25. The zero-order valence-electron chi connectivity index (χ0n) is 17.3. The van der Waals surface area contributed by atoms with E-state index in [0.717, 1.165) is 22.7 Å². The summed E-state index contributed by atoms with van der Waals surface area (Å²) < 4.78 is 5.66. The van der Waals surface area contributed by atoms with Gasteiger partial charge in [-0.3, -0.25) is 4.79 Å². The van der Waals surface area contributed by atoms with Crippen molar-refractivity contribution < 1.29 is 9.53 Å². The van der Waals surface area contributed by atoms with Crippen molar-refractivity contribution in [1.29, 1.82) is 0 Å². The van der Waals surface area contributed by atoms with Gasteiger partial charge < -0.3 is 15.0 Å². The molecule has 1 aromatic heterocycles. The Morgan fingerprint density at radius 1 is 1.03 bits per heavy atom. The summed E-state index contributed by atoms with van der Waals surface area (Å²) in [5.74, 6) is 1.64. The second-order valence-corrected chi connectivity index (χ2v) is 6.63. The third-order valence-electron chi connectivity index (χ3n) is 4.38. The third-order valence-corrected chi connectivity index (χ3v) is 4.38. The highest BCUT2D eigenvalue weighted by Crippen LogP contribution is 2.27. The maximum atomic E-state index is 13.2. The van der Waals surface area contributed by atoms with Gasteiger partial charge in [0.25, 0.3) is 5.91 Å². The first kappa shape index (κ1) is 20.3. The lowest BCUT2D eigenvalue weighted by Gasteiger charge is -2.21. The molecule has 0 aliphatic carbocycles. The van der Waals surface area contributed by atoms with Crippen molar-refractivity contribution in [3.63, 3.8) is 0 Å². The lowest BCUT2D eigenvalue weighted by molar-refractivity contribution is 0.0983. The molecule has 6 heteroatoms. The largest absolute Gasteiger partial charge is 0.492 e.